The second-order valence-electron chi connectivity index (χ2n) is 15.5. The molecule has 1 fully saturated rings. The molecule has 56 heavy (non-hydrogen) atoms. The monoisotopic (exact) mass is 779 g/mol. The Bertz CT molecular complexity index is 1810. The predicted molar refractivity (Wildman–Crippen MR) is 213 cm³/mol. The fraction of sp³-hybridized carbons (Fsp3) is 0.595. The first-order chi connectivity index (χ1) is 26.7. The van der Waals surface area contributed by atoms with Crippen LogP contribution in [0.25, 0.3) is 11.0 Å². The van der Waals surface area contributed by atoms with Crippen LogP contribution in [0.5, 0.6) is 0 Å². The van der Waals surface area contributed by atoms with E-state index >= 15 is 0 Å². The molecular weight excluding hydrogens is 718 g/mol. The van der Waals surface area contributed by atoms with Crippen LogP contribution in [0.3, 0.4) is 0 Å². The fourth-order valence-electron chi connectivity index (χ4n) is 6.81. The van der Waals surface area contributed by atoms with Gasteiger partial charge in [-0.05, 0) is 108 Å². The van der Waals surface area contributed by atoms with E-state index in [0.717, 1.165) is 68.2 Å². The summed E-state index contributed by atoms with van der Waals surface area (Å²) in [6, 6.07) is 12.9. The number of nitrogens with zero attached hydrogens (tertiary/aromatic N) is 2. The number of nitrogens with two attached hydrogens (primary N) is 1. The number of aryl methyl sites for hydroxylation is 3. The van der Waals surface area contributed by atoms with Crippen molar-refractivity contribution < 1.29 is 38.1 Å². The van der Waals surface area contributed by atoms with Gasteiger partial charge >= 0.3 is 11.8 Å². The zero-order valence-electron chi connectivity index (χ0n) is 33.7. The molecule has 1 aliphatic rings. The molecule has 3 aromatic rings. The molecule has 0 aliphatic carbocycles. The maximum absolute atomic E-state index is 13.1. The van der Waals surface area contributed by atoms with Gasteiger partial charge in [-0.2, -0.15) is 0 Å². The number of rotatable bonds is 23. The van der Waals surface area contributed by atoms with Crippen LogP contribution in [0, 0.1) is 0 Å². The van der Waals surface area contributed by atoms with Crippen molar-refractivity contribution in [2.24, 2.45) is 12.8 Å². The van der Waals surface area contributed by atoms with Crippen molar-refractivity contribution in [2.45, 2.75) is 129 Å². The molecule has 1 saturated heterocycles. The van der Waals surface area contributed by atoms with Gasteiger partial charge in [-0.25, -0.2) is 9.59 Å². The minimum Gasteiger partial charge on any atom is -0.444 e. The van der Waals surface area contributed by atoms with Gasteiger partial charge in [0.1, 0.15) is 11.6 Å². The smallest absolute Gasteiger partial charge is 0.407 e. The summed E-state index contributed by atoms with van der Waals surface area (Å²) in [5, 5.41) is 5.17. The number of nitrogens with one attached hydrogen (secondary N) is 2. The molecule has 0 radical (unpaired) electrons. The number of primary amides is 1. The average Bonchev–Trinajstić information content (AvgIpc) is 3.39. The van der Waals surface area contributed by atoms with Crippen molar-refractivity contribution in [3.8, 4) is 0 Å². The van der Waals surface area contributed by atoms with Gasteiger partial charge in [0.05, 0.1) is 29.8 Å². The van der Waals surface area contributed by atoms with Crippen molar-refractivity contribution in [3.63, 3.8) is 0 Å². The maximum Gasteiger partial charge on any atom is 0.407 e. The quantitative estimate of drug-likeness (QED) is 0.0866. The second kappa shape index (κ2) is 21.7. The number of hydrogen-bond donors (Lipinski definition) is 3. The Balaban J connectivity index is 1.05. The standard InChI is InChI=1S/C42H61N5O9/c1-29(33(20-22-36(43)48)44-40(51)56-42(2,3)4)55-28-31-18-16-30(17-19-31)12-10-26-53-24-7-6-8-25-54-27-11-14-32-13-9-15-34-38(32)46(5)41(52)47(34)35-21-23-37(49)45-39(35)50/h9,13,15-19,29,33,35H,6-8,10-12,14,20-28H2,1-5H3,(H2,43,48)(H,44,51)(H,45,49,50)/t29-,33+,35?/m1/s1. The number of imidazole rings is 1. The third kappa shape index (κ3) is 13.9. The van der Waals surface area contributed by atoms with Crippen LogP contribution in [-0.4, -0.2) is 77.1 Å². The summed E-state index contributed by atoms with van der Waals surface area (Å²) in [7, 11) is 1.72. The van der Waals surface area contributed by atoms with Gasteiger partial charge < -0.3 is 30.0 Å². The zero-order chi connectivity index (χ0) is 40.7. The Morgan fingerprint density at radius 3 is 2.20 bits per heavy atom. The normalized spacial score (nSPS) is 15.8. The number of carbonyl (C=O) groups is 4. The molecule has 0 saturated carbocycles. The number of aromatic nitrogens is 2. The van der Waals surface area contributed by atoms with Gasteiger partial charge in [0.25, 0.3) is 0 Å². The van der Waals surface area contributed by atoms with E-state index in [1.807, 2.05) is 37.3 Å². The van der Waals surface area contributed by atoms with Gasteiger partial charge in [-0.1, -0.05) is 36.4 Å². The molecule has 2 aromatic carbocycles. The SMILES string of the molecule is C[C@@H](OCc1ccc(CCCOCCCCCOCCCc2cccc3c2n(C)c(=O)n3C2CCC(=O)NC2=O)cc1)[C@H](CCC(N)=O)NC(=O)OC(C)(C)C. The molecule has 1 aromatic heterocycles. The Morgan fingerprint density at radius 2 is 1.55 bits per heavy atom. The molecule has 308 valence electrons. The first-order valence-electron chi connectivity index (χ1n) is 19.9. The van der Waals surface area contributed by atoms with Crippen molar-refractivity contribution in [1.82, 2.24) is 19.8 Å². The molecule has 1 unspecified atom stereocenters. The molecular formula is C42H61N5O9. The lowest BCUT2D eigenvalue weighted by Gasteiger charge is -2.27. The van der Waals surface area contributed by atoms with Crippen molar-refractivity contribution in [2.75, 3.05) is 26.4 Å². The number of imide groups is 1. The van der Waals surface area contributed by atoms with Gasteiger partial charge in [-0.15, -0.1) is 0 Å². The number of ether oxygens (including phenoxy) is 4. The second-order valence-corrected chi connectivity index (χ2v) is 15.5. The molecule has 2 heterocycles. The summed E-state index contributed by atoms with van der Waals surface area (Å²) in [5.74, 6) is -1.17. The van der Waals surface area contributed by atoms with Crippen molar-refractivity contribution in [3.05, 3.63) is 69.6 Å². The van der Waals surface area contributed by atoms with E-state index in [0.29, 0.717) is 44.8 Å². The largest absolute Gasteiger partial charge is 0.444 e. The summed E-state index contributed by atoms with van der Waals surface area (Å²) < 4.78 is 26.3. The van der Waals surface area contributed by atoms with Crippen LogP contribution in [0.2, 0.25) is 0 Å². The zero-order valence-corrected chi connectivity index (χ0v) is 33.7. The molecule has 4 N–H and O–H groups in total. The molecule has 4 rings (SSSR count). The van der Waals surface area contributed by atoms with Crippen LogP contribution < -0.4 is 22.1 Å². The van der Waals surface area contributed by atoms with Crippen LogP contribution >= 0.6 is 0 Å². The average molecular weight is 780 g/mol. The van der Waals surface area contributed by atoms with Crippen LogP contribution in [-0.2, 0) is 59.8 Å². The highest BCUT2D eigenvalue weighted by atomic mass is 16.6. The highest BCUT2D eigenvalue weighted by molar-refractivity contribution is 6.00. The van der Waals surface area contributed by atoms with Crippen LogP contribution in [0.4, 0.5) is 4.79 Å². The Morgan fingerprint density at radius 1 is 0.911 bits per heavy atom. The number of fused-ring (bicyclic) bond motifs is 1. The first kappa shape index (κ1) is 44.2. The summed E-state index contributed by atoms with van der Waals surface area (Å²) in [6.07, 6.45) is 6.45. The van der Waals surface area contributed by atoms with Crippen molar-refractivity contribution in [1.29, 1.82) is 0 Å². The van der Waals surface area contributed by atoms with Crippen molar-refractivity contribution >= 4 is 34.8 Å². The lowest BCUT2D eigenvalue weighted by Crippen LogP contribution is -2.45. The topological polar surface area (TPSA) is 182 Å². The summed E-state index contributed by atoms with van der Waals surface area (Å²) in [6.45, 7) is 10.3. The minimum absolute atomic E-state index is 0.129. The maximum atomic E-state index is 13.1. The minimum atomic E-state index is -0.692. The van der Waals surface area contributed by atoms with E-state index in [-0.39, 0.29) is 30.5 Å². The number of carbonyl (C=O) groups excluding carboxylic acids is 4. The molecule has 14 nitrogen and oxygen atoms in total. The van der Waals surface area contributed by atoms with Gasteiger partial charge in [-0.3, -0.25) is 28.8 Å². The Hall–Kier alpha value is -4.53. The summed E-state index contributed by atoms with van der Waals surface area (Å²) >= 11 is 0. The Kier molecular flexibility index (Phi) is 17.1. The van der Waals surface area contributed by atoms with E-state index in [4.69, 9.17) is 24.7 Å². The number of hydrogen-bond acceptors (Lipinski definition) is 9. The molecule has 0 bridgehead atoms. The van der Waals surface area contributed by atoms with E-state index in [9.17, 15) is 24.0 Å². The lowest BCUT2D eigenvalue weighted by atomic mass is 10.0. The fourth-order valence-corrected chi connectivity index (χ4v) is 6.81. The van der Waals surface area contributed by atoms with E-state index in [2.05, 4.69) is 22.8 Å². The highest BCUT2D eigenvalue weighted by Gasteiger charge is 2.31. The third-order valence-electron chi connectivity index (χ3n) is 9.78. The van der Waals surface area contributed by atoms with Gasteiger partial charge in [0, 0.05) is 46.3 Å². The predicted octanol–water partition coefficient (Wildman–Crippen LogP) is 5.15. The molecule has 0 spiro atoms. The first-order valence-corrected chi connectivity index (χ1v) is 19.9. The number of para-hydroxylation sites is 1. The number of piperidine rings is 1. The van der Waals surface area contributed by atoms with E-state index < -0.39 is 35.6 Å². The molecule has 4 amide bonds. The summed E-state index contributed by atoms with van der Waals surface area (Å²) in [4.78, 5) is 61.0. The van der Waals surface area contributed by atoms with Gasteiger partial charge in [0.15, 0.2) is 0 Å². The Labute approximate surface area is 329 Å². The molecule has 3 atom stereocenters. The van der Waals surface area contributed by atoms with E-state index in [1.54, 1.807) is 32.4 Å². The lowest BCUT2D eigenvalue weighted by molar-refractivity contribution is -0.135. The van der Waals surface area contributed by atoms with Crippen LogP contribution in [0.15, 0.2) is 47.3 Å². The number of amides is 4. The van der Waals surface area contributed by atoms with Gasteiger partial charge in [0.2, 0.25) is 17.7 Å². The third-order valence-corrected chi connectivity index (χ3v) is 9.78. The molecule has 1 aliphatic heterocycles. The number of alkyl carbamates (subject to hydrolysis) is 1. The number of benzene rings is 2. The van der Waals surface area contributed by atoms with Crippen LogP contribution in [0.1, 0.15) is 108 Å². The van der Waals surface area contributed by atoms with E-state index in [1.165, 1.54) is 10.1 Å². The number of unbranched alkanes of at least 4 members (excludes halogenated alkanes) is 2. The molecule has 14 heteroatoms. The highest BCUT2D eigenvalue weighted by Crippen LogP contribution is 2.25. The summed E-state index contributed by atoms with van der Waals surface area (Å²) in [5.41, 5.74) is 9.23.